The van der Waals surface area contributed by atoms with E-state index in [0.717, 1.165) is 0 Å². The topological polar surface area (TPSA) is 154 Å². The Hall–Kier alpha value is -2.20. The molecule has 0 saturated heterocycles. The van der Waals surface area contributed by atoms with Gasteiger partial charge in [-0.3, -0.25) is 24.0 Å². The number of alkyl halides is 1. The second kappa shape index (κ2) is 13.2. The average molecular weight is 449 g/mol. The summed E-state index contributed by atoms with van der Waals surface area (Å²) >= 11 is 5.45. The van der Waals surface area contributed by atoms with Gasteiger partial charge in [0, 0.05) is 6.92 Å². The Bertz CT molecular complexity index is 643. The number of aliphatic hydroxyl groups is 1. The van der Waals surface area contributed by atoms with Gasteiger partial charge in [-0.05, 0) is 26.7 Å². The molecule has 0 saturated carbocycles. The molecule has 172 valence electrons. The number of Topliss-reactive ketones (excluding diaryl/α,β-unsaturated/α-hetero) is 1. The standard InChI is InChI=1S/C19H33ClN4O6/c1-7-9(2)15(23-13(6)26)18(29)22-11(4)17(28)24-16(12(5)25)19(30)21-10(3)14(27)8-20/h9-12,15-16,25H,7-8H2,1-6H3,(H,21,30)(H,22,29)(H,23,26)(H,24,28)/t9-,10-,11-,12+,15-,16-/m0/s1. The zero-order valence-electron chi connectivity index (χ0n) is 18.2. The molecule has 0 aliphatic carbocycles. The third kappa shape index (κ3) is 9.08. The molecule has 0 aliphatic rings. The third-order valence-corrected chi connectivity index (χ3v) is 4.91. The molecule has 6 atom stereocenters. The van der Waals surface area contributed by atoms with E-state index in [1.165, 1.54) is 27.7 Å². The van der Waals surface area contributed by atoms with Gasteiger partial charge in [-0.15, -0.1) is 11.6 Å². The monoisotopic (exact) mass is 448 g/mol. The highest BCUT2D eigenvalue weighted by molar-refractivity contribution is 6.28. The smallest absolute Gasteiger partial charge is 0.245 e. The van der Waals surface area contributed by atoms with Crippen LogP contribution >= 0.6 is 11.6 Å². The first kappa shape index (κ1) is 27.8. The predicted octanol–water partition coefficient (Wildman–Crippen LogP) is -0.780. The molecule has 0 spiro atoms. The molecule has 4 amide bonds. The lowest BCUT2D eigenvalue weighted by atomic mass is 9.98. The molecular weight excluding hydrogens is 416 g/mol. The molecule has 0 aliphatic heterocycles. The van der Waals surface area contributed by atoms with Crippen LogP contribution in [0.25, 0.3) is 0 Å². The number of nitrogens with one attached hydrogen (secondary N) is 4. The van der Waals surface area contributed by atoms with Gasteiger partial charge in [-0.2, -0.15) is 0 Å². The normalized spacial score (nSPS) is 16.8. The Morgan fingerprint density at radius 1 is 0.800 bits per heavy atom. The largest absolute Gasteiger partial charge is 0.391 e. The number of amides is 4. The number of carbonyl (C=O) groups excluding carboxylic acids is 5. The van der Waals surface area contributed by atoms with Crippen LogP contribution in [0, 0.1) is 5.92 Å². The van der Waals surface area contributed by atoms with Gasteiger partial charge < -0.3 is 26.4 Å². The lowest BCUT2D eigenvalue weighted by molar-refractivity contribution is -0.135. The summed E-state index contributed by atoms with van der Waals surface area (Å²) in [5, 5.41) is 19.7. The maximum atomic E-state index is 12.5. The molecule has 0 aromatic heterocycles. The second-order valence-electron chi connectivity index (χ2n) is 7.35. The zero-order chi connectivity index (χ0) is 23.6. The van der Waals surface area contributed by atoms with Crippen LogP contribution < -0.4 is 21.3 Å². The van der Waals surface area contributed by atoms with Crippen molar-refractivity contribution >= 4 is 41.0 Å². The fraction of sp³-hybridized carbons (Fsp3) is 0.737. The molecule has 0 heterocycles. The van der Waals surface area contributed by atoms with Crippen molar-refractivity contribution in [2.45, 2.75) is 78.2 Å². The average Bonchev–Trinajstić information content (AvgIpc) is 2.67. The zero-order valence-corrected chi connectivity index (χ0v) is 19.0. The molecule has 30 heavy (non-hydrogen) atoms. The van der Waals surface area contributed by atoms with Gasteiger partial charge in [0.1, 0.15) is 18.1 Å². The van der Waals surface area contributed by atoms with Crippen LogP contribution in [0.2, 0.25) is 0 Å². The molecule has 0 aromatic rings. The van der Waals surface area contributed by atoms with Crippen LogP contribution in [0.5, 0.6) is 0 Å². The highest BCUT2D eigenvalue weighted by atomic mass is 35.5. The van der Waals surface area contributed by atoms with Crippen molar-refractivity contribution in [3.63, 3.8) is 0 Å². The summed E-state index contributed by atoms with van der Waals surface area (Å²) in [6.07, 6.45) is -0.634. The SMILES string of the molecule is CC[C@H](C)[C@H](NC(C)=O)C(=O)N[C@@H](C)C(=O)N[C@H](C(=O)N[C@@H](C)C(=O)CCl)[C@@H](C)O. The van der Waals surface area contributed by atoms with Gasteiger partial charge in [-0.1, -0.05) is 20.3 Å². The van der Waals surface area contributed by atoms with Crippen molar-refractivity contribution in [1.29, 1.82) is 0 Å². The molecule has 0 fully saturated rings. The van der Waals surface area contributed by atoms with Gasteiger partial charge >= 0.3 is 0 Å². The summed E-state index contributed by atoms with van der Waals surface area (Å²) in [7, 11) is 0. The second-order valence-corrected chi connectivity index (χ2v) is 7.62. The Morgan fingerprint density at radius 2 is 1.30 bits per heavy atom. The Labute approximate surface area is 181 Å². The molecule has 5 N–H and O–H groups in total. The number of ketones is 1. The summed E-state index contributed by atoms with van der Waals surface area (Å²) in [5.41, 5.74) is 0. The lowest BCUT2D eigenvalue weighted by Gasteiger charge is -2.27. The molecule has 11 heteroatoms. The molecule has 0 radical (unpaired) electrons. The van der Waals surface area contributed by atoms with E-state index in [1.54, 1.807) is 6.92 Å². The van der Waals surface area contributed by atoms with Gasteiger partial charge in [0.2, 0.25) is 23.6 Å². The fourth-order valence-electron chi connectivity index (χ4n) is 2.47. The van der Waals surface area contributed by atoms with Crippen LogP contribution in [0.4, 0.5) is 0 Å². The highest BCUT2D eigenvalue weighted by Gasteiger charge is 2.31. The molecule has 0 bridgehead atoms. The molecule has 0 unspecified atom stereocenters. The third-order valence-electron chi connectivity index (χ3n) is 4.64. The van der Waals surface area contributed by atoms with Crippen LogP contribution in [0.1, 0.15) is 48.0 Å². The first-order valence-corrected chi connectivity index (χ1v) is 10.3. The van der Waals surface area contributed by atoms with Crippen LogP contribution in [-0.2, 0) is 24.0 Å². The van der Waals surface area contributed by atoms with E-state index < -0.39 is 53.8 Å². The van der Waals surface area contributed by atoms with E-state index in [4.69, 9.17) is 11.6 Å². The number of halogens is 1. The van der Waals surface area contributed by atoms with Crippen molar-refractivity contribution in [1.82, 2.24) is 21.3 Å². The molecular formula is C19H33ClN4O6. The molecule has 0 rings (SSSR count). The maximum absolute atomic E-state index is 12.5. The summed E-state index contributed by atoms with van der Waals surface area (Å²) in [6.45, 7) is 9.10. The minimum Gasteiger partial charge on any atom is -0.391 e. The van der Waals surface area contributed by atoms with E-state index >= 15 is 0 Å². The Kier molecular flexibility index (Phi) is 12.2. The van der Waals surface area contributed by atoms with E-state index in [0.29, 0.717) is 6.42 Å². The summed E-state index contributed by atoms with van der Waals surface area (Å²) in [5.74, 6) is -3.27. The lowest BCUT2D eigenvalue weighted by Crippen LogP contribution is -2.59. The molecule has 10 nitrogen and oxygen atoms in total. The van der Waals surface area contributed by atoms with Gasteiger partial charge in [0.05, 0.1) is 18.0 Å². The van der Waals surface area contributed by atoms with Gasteiger partial charge in [-0.25, -0.2) is 0 Å². The first-order chi connectivity index (χ1) is 13.8. The van der Waals surface area contributed by atoms with E-state index in [2.05, 4.69) is 21.3 Å². The fourth-order valence-corrected chi connectivity index (χ4v) is 2.70. The van der Waals surface area contributed by atoms with E-state index in [-0.39, 0.29) is 17.7 Å². The summed E-state index contributed by atoms with van der Waals surface area (Å²) in [4.78, 5) is 60.2. The number of hydrogen-bond acceptors (Lipinski definition) is 6. The van der Waals surface area contributed by atoms with Gasteiger partial charge in [0.15, 0.2) is 5.78 Å². The van der Waals surface area contributed by atoms with Crippen LogP contribution in [0.3, 0.4) is 0 Å². The van der Waals surface area contributed by atoms with Crippen LogP contribution in [0.15, 0.2) is 0 Å². The number of hydrogen-bond donors (Lipinski definition) is 5. The number of aliphatic hydroxyl groups excluding tert-OH is 1. The van der Waals surface area contributed by atoms with Crippen molar-refractivity contribution in [3.8, 4) is 0 Å². The number of carbonyl (C=O) groups is 5. The van der Waals surface area contributed by atoms with E-state index in [9.17, 15) is 29.1 Å². The molecule has 0 aromatic carbocycles. The minimum absolute atomic E-state index is 0.166. The van der Waals surface area contributed by atoms with Crippen molar-refractivity contribution in [2.24, 2.45) is 5.92 Å². The van der Waals surface area contributed by atoms with Crippen molar-refractivity contribution in [3.05, 3.63) is 0 Å². The first-order valence-electron chi connectivity index (χ1n) is 9.80. The van der Waals surface area contributed by atoms with Crippen LogP contribution in [-0.4, -0.2) is 70.7 Å². The van der Waals surface area contributed by atoms with Crippen molar-refractivity contribution in [2.75, 3.05) is 5.88 Å². The van der Waals surface area contributed by atoms with Gasteiger partial charge in [0.25, 0.3) is 0 Å². The Morgan fingerprint density at radius 3 is 1.73 bits per heavy atom. The predicted molar refractivity (Wildman–Crippen MR) is 112 cm³/mol. The maximum Gasteiger partial charge on any atom is 0.245 e. The van der Waals surface area contributed by atoms with Crippen molar-refractivity contribution < 1.29 is 29.1 Å². The number of rotatable bonds is 12. The summed E-state index contributed by atoms with van der Waals surface area (Å²) < 4.78 is 0. The Balaban J connectivity index is 5.11. The van der Waals surface area contributed by atoms with E-state index in [1.807, 2.05) is 6.92 Å². The summed E-state index contributed by atoms with van der Waals surface area (Å²) in [6, 6.07) is -4.10. The highest BCUT2D eigenvalue weighted by Crippen LogP contribution is 2.08. The quantitative estimate of drug-likeness (QED) is 0.247. The minimum atomic E-state index is -1.34.